The van der Waals surface area contributed by atoms with Gasteiger partial charge >= 0.3 is 0 Å². The first kappa shape index (κ1) is 13.4. The van der Waals surface area contributed by atoms with Crippen LogP contribution in [0, 0.1) is 0 Å². The van der Waals surface area contributed by atoms with Crippen LogP contribution in [0.4, 0.5) is 5.69 Å². The van der Waals surface area contributed by atoms with Gasteiger partial charge in [-0.05, 0) is 37.1 Å². The molecular weight excluding hydrogens is 238 g/mol. The van der Waals surface area contributed by atoms with Gasteiger partial charge in [0.05, 0.1) is 6.04 Å². The molecule has 19 heavy (non-hydrogen) atoms. The second-order valence-corrected chi connectivity index (χ2v) is 4.60. The van der Waals surface area contributed by atoms with E-state index in [2.05, 4.69) is 5.32 Å². The molecule has 3 N–H and O–H groups in total. The van der Waals surface area contributed by atoms with Crippen LogP contribution in [0.2, 0.25) is 0 Å². The number of nitrogens with one attached hydrogen (secondary N) is 1. The summed E-state index contributed by atoms with van der Waals surface area (Å²) in [5.74, 6) is 0.305. The standard InChI is InChI=1S/C16H19NO2/c1-12(15-4-2-3-5-16(15)19)17-14-8-6-13(7-9-14)10-11-18/h2-9,12,17-19H,10-11H2,1H3. The van der Waals surface area contributed by atoms with E-state index in [1.54, 1.807) is 6.07 Å². The second-order valence-electron chi connectivity index (χ2n) is 4.60. The third-order valence-corrected chi connectivity index (χ3v) is 3.14. The van der Waals surface area contributed by atoms with E-state index < -0.39 is 0 Å². The zero-order chi connectivity index (χ0) is 13.7. The largest absolute Gasteiger partial charge is 0.508 e. The van der Waals surface area contributed by atoms with Crippen molar-refractivity contribution in [1.82, 2.24) is 0 Å². The first-order valence-corrected chi connectivity index (χ1v) is 6.45. The third kappa shape index (κ3) is 3.48. The fourth-order valence-electron chi connectivity index (χ4n) is 2.08. The molecule has 0 aliphatic rings. The highest BCUT2D eigenvalue weighted by molar-refractivity contribution is 5.48. The van der Waals surface area contributed by atoms with Gasteiger partial charge in [-0.15, -0.1) is 0 Å². The lowest BCUT2D eigenvalue weighted by atomic mass is 10.1. The first-order valence-electron chi connectivity index (χ1n) is 6.45. The van der Waals surface area contributed by atoms with Gasteiger partial charge in [0.15, 0.2) is 0 Å². The number of anilines is 1. The number of benzene rings is 2. The van der Waals surface area contributed by atoms with E-state index in [0.29, 0.717) is 12.2 Å². The molecule has 2 rings (SSSR count). The van der Waals surface area contributed by atoms with Gasteiger partial charge in [-0.25, -0.2) is 0 Å². The molecule has 0 heterocycles. The highest BCUT2D eigenvalue weighted by Gasteiger charge is 2.09. The van der Waals surface area contributed by atoms with Crippen molar-refractivity contribution >= 4 is 5.69 Å². The Labute approximate surface area is 113 Å². The molecule has 3 nitrogen and oxygen atoms in total. The summed E-state index contributed by atoms with van der Waals surface area (Å²) in [7, 11) is 0. The molecule has 0 amide bonds. The normalized spacial score (nSPS) is 12.1. The molecule has 0 aromatic heterocycles. The topological polar surface area (TPSA) is 52.5 Å². The maximum Gasteiger partial charge on any atom is 0.120 e. The Morgan fingerprint density at radius 3 is 2.37 bits per heavy atom. The number of aliphatic hydroxyl groups excluding tert-OH is 1. The average Bonchev–Trinajstić information content (AvgIpc) is 2.42. The van der Waals surface area contributed by atoms with Gasteiger partial charge < -0.3 is 15.5 Å². The van der Waals surface area contributed by atoms with Gasteiger partial charge in [-0.2, -0.15) is 0 Å². The number of phenolic OH excluding ortho intramolecular Hbond substituents is 1. The van der Waals surface area contributed by atoms with Crippen molar-refractivity contribution in [2.75, 3.05) is 11.9 Å². The van der Waals surface area contributed by atoms with Crippen LogP contribution in [0.5, 0.6) is 5.75 Å². The molecule has 0 aliphatic carbocycles. The Morgan fingerprint density at radius 2 is 1.74 bits per heavy atom. The van der Waals surface area contributed by atoms with E-state index in [1.165, 1.54) is 0 Å². The zero-order valence-electron chi connectivity index (χ0n) is 11.0. The van der Waals surface area contributed by atoms with E-state index in [9.17, 15) is 5.11 Å². The van der Waals surface area contributed by atoms with Crippen LogP contribution in [0.1, 0.15) is 24.1 Å². The summed E-state index contributed by atoms with van der Waals surface area (Å²) in [5.41, 5.74) is 2.99. The van der Waals surface area contributed by atoms with E-state index in [4.69, 9.17) is 5.11 Å². The fraction of sp³-hybridized carbons (Fsp3) is 0.250. The van der Waals surface area contributed by atoms with Crippen LogP contribution < -0.4 is 5.32 Å². The molecule has 0 saturated carbocycles. The van der Waals surface area contributed by atoms with E-state index in [0.717, 1.165) is 16.8 Å². The Bertz CT molecular complexity index is 523. The van der Waals surface area contributed by atoms with Crippen molar-refractivity contribution < 1.29 is 10.2 Å². The molecule has 3 heteroatoms. The molecule has 0 saturated heterocycles. The summed E-state index contributed by atoms with van der Waals surface area (Å²) in [4.78, 5) is 0. The Hall–Kier alpha value is -2.00. The van der Waals surface area contributed by atoms with Crippen LogP contribution in [0.15, 0.2) is 48.5 Å². The second kappa shape index (κ2) is 6.25. The van der Waals surface area contributed by atoms with Crippen LogP contribution in [0.3, 0.4) is 0 Å². The molecule has 2 aromatic carbocycles. The summed E-state index contributed by atoms with van der Waals surface area (Å²) in [5, 5.41) is 22.0. The number of hydrogen-bond donors (Lipinski definition) is 3. The first-order chi connectivity index (χ1) is 9.20. The highest BCUT2D eigenvalue weighted by Crippen LogP contribution is 2.26. The van der Waals surface area contributed by atoms with Gasteiger partial charge in [-0.1, -0.05) is 30.3 Å². The summed E-state index contributed by atoms with van der Waals surface area (Å²) < 4.78 is 0. The van der Waals surface area contributed by atoms with Crippen molar-refractivity contribution in [2.45, 2.75) is 19.4 Å². The molecule has 1 unspecified atom stereocenters. The molecule has 0 bridgehead atoms. The van der Waals surface area contributed by atoms with Crippen LogP contribution in [0.25, 0.3) is 0 Å². The van der Waals surface area contributed by atoms with Gasteiger partial charge in [-0.3, -0.25) is 0 Å². The molecule has 1 atom stereocenters. The Kier molecular flexibility index (Phi) is 4.42. The Balaban J connectivity index is 2.06. The minimum absolute atomic E-state index is 0.0323. The summed E-state index contributed by atoms with van der Waals surface area (Å²) >= 11 is 0. The Morgan fingerprint density at radius 1 is 1.05 bits per heavy atom. The van der Waals surface area contributed by atoms with Crippen LogP contribution in [-0.2, 0) is 6.42 Å². The monoisotopic (exact) mass is 257 g/mol. The summed E-state index contributed by atoms with van der Waals surface area (Å²) in [6.07, 6.45) is 0.676. The van der Waals surface area contributed by atoms with Crippen molar-refractivity contribution in [1.29, 1.82) is 0 Å². The lowest BCUT2D eigenvalue weighted by molar-refractivity contribution is 0.299. The molecule has 0 fully saturated rings. The average molecular weight is 257 g/mol. The summed E-state index contributed by atoms with van der Waals surface area (Å²) in [6.45, 7) is 2.18. The number of phenols is 1. The van der Waals surface area contributed by atoms with Crippen LogP contribution >= 0.6 is 0 Å². The molecule has 0 spiro atoms. The van der Waals surface area contributed by atoms with E-state index in [-0.39, 0.29) is 12.6 Å². The van der Waals surface area contributed by atoms with Crippen molar-refractivity contribution in [3.63, 3.8) is 0 Å². The molecule has 0 radical (unpaired) electrons. The predicted molar refractivity (Wildman–Crippen MR) is 77.4 cm³/mol. The van der Waals surface area contributed by atoms with Gasteiger partial charge in [0.1, 0.15) is 5.75 Å². The number of rotatable bonds is 5. The smallest absolute Gasteiger partial charge is 0.120 e. The van der Waals surface area contributed by atoms with Crippen molar-refractivity contribution in [3.05, 3.63) is 59.7 Å². The van der Waals surface area contributed by atoms with Crippen molar-refractivity contribution in [2.24, 2.45) is 0 Å². The number of hydrogen-bond acceptors (Lipinski definition) is 3. The fourth-order valence-corrected chi connectivity index (χ4v) is 2.08. The minimum Gasteiger partial charge on any atom is -0.508 e. The zero-order valence-corrected chi connectivity index (χ0v) is 11.0. The van der Waals surface area contributed by atoms with E-state index >= 15 is 0 Å². The predicted octanol–water partition coefficient (Wildman–Crippen LogP) is 3.10. The lowest BCUT2D eigenvalue weighted by Gasteiger charge is -2.17. The molecule has 100 valence electrons. The highest BCUT2D eigenvalue weighted by atomic mass is 16.3. The van der Waals surface area contributed by atoms with Gasteiger partial charge in [0.25, 0.3) is 0 Å². The minimum atomic E-state index is 0.0323. The number of aliphatic hydroxyl groups is 1. The number of aromatic hydroxyl groups is 1. The number of para-hydroxylation sites is 1. The molecule has 2 aromatic rings. The third-order valence-electron chi connectivity index (χ3n) is 3.14. The maximum atomic E-state index is 9.81. The SMILES string of the molecule is CC(Nc1ccc(CCO)cc1)c1ccccc1O. The maximum absolute atomic E-state index is 9.81. The van der Waals surface area contributed by atoms with E-state index in [1.807, 2.05) is 49.4 Å². The van der Waals surface area contributed by atoms with Gasteiger partial charge in [0, 0.05) is 17.9 Å². The van der Waals surface area contributed by atoms with Gasteiger partial charge in [0.2, 0.25) is 0 Å². The molecule has 0 aliphatic heterocycles. The quantitative estimate of drug-likeness (QED) is 0.771. The lowest BCUT2D eigenvalue weighted by Crippen LogP contribution is -2.06. The molecular formula is C16H19NO2. The van der Waals surface area contributed by atoms with Crippen LogP contribution in [-0.4, -0.2) is 16.8 Å². The van der Waals surface area contributed by atoms with Crippen molar-refractivity contribution in [3.8, 4) is 5.75 Å². The summed E-state index contributed by atoms with van der Waals surface area (Å²) in [6, 6.07) is 15.3.